The quantitative estimate of drug-likeness (QED) is 0.791. The lowest BCUT2D eigenvalue weighted by atomic mass is 9.74. The fourth-order valence-corrected chi connectivity index (χ4v) is 4.73. The Hall–Kier alpha value is -1.39. The Bertz CT molecular complexity index is 711. The predicted octanol–water partition coefficient (Wildman–Crippen LogP) is 4.53. The Balaban J connectivity index is 0.00000210. The zero-order chi connectivity index (χ0) is 17.8. The molecule has 2 unspecified atom stereocenters. The second kappa shape index (κ2) is 9.20. The van der Waals surface area contributed by atoms with Gasteiger partial charge in [-0.25, -0.2) is 0 Å². The van der Waals surface area contributed by atoms with Crippen molar-refractivity contribution in [2.24, 2.45) is 5.92 Å². The van der Waals surface area contributed by atoms with Gasteiger partial charge in [-0.3, -0.25) is 0 Å². The summed E-state index contributed by atoms with van der Waals surface area (Å²) in [5, 5.41) is 15.5. The molecule has 146 valence electrons. The zero-order valence-corrected chi connectivity index (χ0v) is 16.6. The minimum atomic E-state index is -0.841. The third kappa shape index (κ3) is 4.38. The maximum atomic E-state index is 12.1. The van der Waals surface area contributed by atoms with Gasteiger partial charge in [-0.1, -0.05) is 67.4 Å². The van der Waals surface area contributed by atoms with Crippen molar-refractivity contribution in [2.45, 2.75) is 43.8 Å². The molecule has 2 aliphatic rings. The third-order valence-electron chi connectivity index (χ3n) is 6.05. The first-order valence-electron chi connectivity index (χ1n) is 9.97. The van der Waals surface area contributed by atoms with Crippen LogP contribution in [0.4, 0.5) is 0 Å². The number of halogens is 1. The van der Waals surface area contributed by atoms with E-state index in [4.69, 9.17) is 4.74 Å². The van der Waals surface area contributed by atoms with E-state index in [-0.39, 0.29) is 18.5 Å². The van der Waals surface area contributed by atoms with Gasteiger partial charge in [0.05, 0.1) is 18.3 Å². The molecule has 1 aliphatic carbocycles. The van der Waals surface area contributed by atoms with Gasteiger partial charge in [-0.15, -0.1) is 12.4 Å². The normalized spacial score (nSPS) is 22.8. The van der Waals surface area contributed by atoms with E-state index in [1.807, 2.05) is 6.07 Å². The fraction of sp³-hybridized carbons (Fsp3) is 0.478. The number of aliphatic hydroxyl groups is 1. The molecule has 0 bridgehead atoms. The minimum Gasteiger partial charge on any atom is -0.385 e. The number of rotatable bonds is 5. The molecule has 0 spiro atoms. The molecule has 4 rings (SSSR count). The van der Waals surface area contributed by atoms with Crippen LogP contribution in [0.3, 0.4) is 0 Å². The average Bonchev–Trinajstić information content (AvgIpc) is 3.25. The van der Waals surface area contributed by atoms with Crippen molar-refractivity contribution in [1.82, 2.24) is 5.32 Å². The van der Waals surface area contributed by atoms with E-state index < -0.39 is 5.60 Å². The van der Waals surface area contributed by atoms with Gasteiger partial charge in [0.2, 0.25) is 0 Å². The van der Waals surface area contributed by atoms with Gasteiger partial charge in [0.15, 0.2) is 0 Å². The second-order valence-electron chi connectivity index (χ2n) is 7.72. The summed E-state index contributed by atoms with van der Waals surface area (Å²) in [4.78, 5) is 0. The van der Waals surface area contributed by atoms with E-state index in [0.29, 0.717) is 12.3 Å². The average molecular weight is 388 g/mol. The second-order valence-corrected chi connectivity index (χ2v) is 7.72. The Morgan fingerprint density at radius 3 is 2.41 bits per heavy atom. The monoisotopic (exact) mass is 387 g/mol. The molecule has 0 radical (unpaired) electrons. The van der Waals surface area contributed by atoms with E-state index >= 15 is 0 Å². The molecule has 2 aromatic carbocycles. The summed E-state index contributed by atoms with van der Waals surface area (Å²) < 4.78 is 5.98. The van der Waals surface area contributed by atoms with Crippen LogP contribution in [0.15, 0.2) is 54.6 Å². The van der Waals surface area contributed by atoms with E-state index in [9.17, 15) is 5.11 Å². The molecule has 1 aliphatic heterocycles. The Morgan fingerprint density at radius 1 is 1.00 bits per heavy atom. The predicted molar refractivity (Wildman–Crippen MR) is 112 cm³/mol. The minimum absolute atomic E-state index is 0. The molecule has 2 fully saturated rings. The lowest BCUT2D eigenvalue weighted by Gasteiger charge is -2.39. The molecule has 2 N–H and O–H groups in total. The van der Waals surface area contributed by atoms with Crippen LogP contribution in [-0.2, 0) is 10.3 Å². The van der Waals surface area contributed by atoms with Crippen LogP contribution < -0.4 is 5.32 Å². The van der Waals surface area contributed by atoms with Gasteiger partial charge in [0.25, 0.3) is 0 Å². The highest BCUT2D eigenvalue weighted by Gasteiger charge is 2.43. The standard InChI is InChI=1S/C23H29NO2.ClH/c25-23(19-10-4-5-11-19,16-20-17-24-14-15-26-20)22-13-7-6-12-21(22)18-8-2-1-3-9-18;/h1-3,6-9,12-13,19-20,24-25H,4-5,10-11,14-17H2;1H. The lowest BCUT2D eigenvalue weighted by Crippen LogP contribution is -2.45. The first-order valence-corrected chi connectivity index (χ1v) is 9.97. The number of hydrogen-bond acceptors (Lipinski definition) is 3. The highest BCUT2D eigenvalue weighted by Crippen LogP contribution is 2.46. The summed E-state index contributed by atoms with van der Waals surface area (Å²) in [6.07, 6.45) is 5.35. The van der Waals surface area contributed by atoms with Crippen molar-refractivity contribution >= 4 is 12.4 Å². The molecular weight excluding hydrogens is 358 g/mol. The van der Waals surface area contributed by atoms with Gasteiger partial charge in [-0.05, 0) is 35.4 Å². The molecule has 2 aromatic rings. The number of nitrogens with one attached hydrogen (secondary N) is 1. The lowest BCUT2D eigenvalue weighted by molar-refractivity contribution is -0.0840. The summed E-state index contributed by atoms with van der Waals surface area (Å²) in [5.41, 5.74) is 2.54. The highest BCUT2D eigenvalue weighted by atomic mass is 35.5. The Kier molecular flexibility index (Phi) is 6.93. The van der Waals surface area contributed by atoms with E-state index in [1.165, 1.54) is 18.4 Å². The summed E-state index contributed by atoms with van der Waals surface area (Å²) in [6.45, 7) is 2.45. The van der Waals surface area contributed by atoms with Crippen LogP contribution in [0.5, 0.6) is 0 Å². The van der Waals surface area contributed by atoms with Crippen LogP contribution in [-0.4, -0.2) is 30.9 Å². The van der Waals surface area contributed by atoms with Gasteiger partial charge in [-0.2, -0.15) is 0 Å². The molecule has 4 heteroatoms. The molecule has 2 atom stereocenters. The van der Waals surface area contributed by atoms with Crippen LogP contribution in [0.25, 0.3) is 11.1 Å². The molecule has 27 heavy (non-hydrogen) atoms. The van der Waals surface area contributed by atoms with Gasteiger partial charge < -0.3 is 15.2 Å². The summed E-state index contributed by atoms with van der Waals surface area (Å²) in [5.74, 6) is 0.304. The molecule has 1 heterocycles. The smallest absolute Gasteiger partial charge is 0.0955 e. The van der Waals surface area contributed by atoms with E-state index in [2.05, 4.69) is 53.8 Å². The summed E-state index contributed by atoms with van der Waals surface area (Å²) in [7, 11) is 0. The molecule has 1 saturated carbocycles. The van der Waals surface area contributed by atoms with E-state index in [0.717, 1.165) is 43.7 Å². The van der Waals surface area contributed by atoms with Crippen molar-refractivity contribution in [3.63, 3.8) is 0 Å². The number of ether oxygens (including phenoxy) is 1. The topological polar surface area (TPSA) is 41.5 Å². The summed E-state index contributed by atoms with van der Waals surface area (Å²) in [6, 6.07) is 18.8. The first-order chi connectivity index (χ1) is 12.8. The van der Waals surface area contributed by atoms with Crippen LogP contribution in [0, 0.1) is 5.92 Å². The van der Waals surface area contributed by atoms with Crippen molar-refractivity contribution in [2.75, 3.05) is 19.7 Å². The maximum absolute atomic E-state index is 12.1. The molecule has 1 saturated heterocycles. The molecule has 0 aromatic heterocycles. The van der Waals surface area contributed by atoms with Crippen LogP contribution >= 0.6 is 12.4 Å². The van der Waals surface area contributed by atoms with E-state index in [1.54, 1.807) is 0 Å². The largest absolute Gasteiger partial charge is 0.385 e. The number of morpholine rings is 1. The first kappa shape index (κ1) is 20.3. The van der Waals surface area contributed by atoms with Gasteiger partial charge in [0, 0.05) is 19.5 Å². The Morgan fingerprint density at radius 2 is 1.70 bits per heavy atom. The van der Waals surface area contributed by atoms with Crippen LogP contribution in [0.2, 0.25) is 0 Å². The van der Waals surface area contributed by atoms with Crippen molar-refractivity contribution in [3.05, 3.63) is 60.2 Å². The van der Waals surface area contributed by atoms with Crippen molar-refractivity contribution in [3.8, 4) is 11.1 Å². The SMILES string of the molecule is Cl.OC(CC1CNCCO1)(c1ccccc1-c1ccccc1)C1CCCC1. The van der Waals surface area contributed by atoms with Crippen molar-refractivity contribution < 1.29 is 9.84 Å². The van der Waals surface area contributed by atoms with Crippen molar-refractivity contribution in [1.29, 1.82) is 0 Å². The fourth-order valence-electron chi connectivity index (χ4n) is 4.73. The molecule has 0 amide bonds. The van der Waals surface area contributed by atoms with Gasteiger partial charge >= 0.3 is 0 Å². The highest BCUT2D eigenvalue weighted by molar-refractivity contribution is 5.85. The maximum Gasteiger partial charge on any atom is 0.0955 e. The molecule has 3 nitrogen and oxygen atoms in total. The summed E-state index contributed by atoms with van der Waals surface area (Å²) >= 11 is 0. The zero-order valence-electron chi connectivity index (χ0n) is 15.8. The third-order valence-corrected chi connectivity index (χ3v) is 6.05. The van der Waals surface area contributed by atoms with Crippen LogP contribution in [0.1, 0.15) is 37.7 Å². The molecular formula is C23H30ClNO2. The van der Waals surface area contributed by atoms with Gasteiger partial charge in [0.1, 0.15) is 0 Å². The number of hydrogen-bond donors (Lipinski definition) is 2. The number of benzene rings is 2. The Labute approximate surface area is 168 Å².